The Hall–Kier alpha value is -2.15. The number of imide groups is 1. The molecule has 1 aliphatic rings. The van der Waals surface area contributed by atoms with E-state index in [0.29, 0.717) is 6.54 Å². The van der Waals surface area contributed by atoms with Crippen molar-refractivity contribution in [2.24, 2.45) is 0 Å². The van der Waals surface area contributed by atoms with Gasteiger partial charge in [-0.2, -0.15) is 0 Å². The first-order valence-corrected chi connectivity index (χ1v) is 5.83. The number of aromatic nitrogens is 1. The van der Waals surface area contributed by atoms with Crippen molar-refractivity contribution in [2.75, 3.05) is 19.7 Å². The summed E-state index contributed by atoms with van der Waals surface area (Å²) in [5.41, 5.74) is 0.0721. The van der Waals surface area contributed by atoms with Gasteiger partial charge >= 0.3 is 12.0 Å². The summed E-state index contributed by atoms with van der Waals surface area (Å²) in [5.74, 6) is -1.34. The van der Waals surface area contributed by atoms with E-state index in [1.54, 1.807) is 0 Å². The molecule has 0 aromatic carbocycles. The first kappa shape index (κ1) is 13.3. The van der Waals surface area contributed by atoms with Gasteiger partial charge in [0.25, 0.3) is 5.91 Å². The number of hydrogen-bond donors (Lipinski definition) is 1. The van der Waals surface area contributed by atoms with Crippen molar-refractivity contribution in [1.29, 1.82) is 0 Å². The number of urea groups is 1. The predicted octanol–water partition coefficient (Wildman–Crippen LogP) is 0.444. The van der Waals surface area contributed by atoms with Crippen LogP contribution in [0.15, 0.2) is 18.3 Å². The van der Waals surface area contributed by atoms with Gasteiger partial charge < -0.3 is 10.1 Å². The molecule has 1 N–H and O–H groups in total. The Morgan fingerprint density at radius 3 is 2.95 bits per heavy atom. The molecule has 0 spiro atoms. The van der Waals surface area contributed by atoms with Crippen LogP contribution < -0.4 is 5.32 Å². The van der Waals surface area contributed by atoms with Crippen molar-refractivity contribution in [3.05, 3.63) is 29.0 Å². The van der Waals surface area contributed by atoms with Gasteiger partial charge in [0.05, 0.1) is 5.56 Å². The lowest BCUT2D eigenvalue weighted by Gasteiger charge is -2.12. The number of nitrogens with zero attached hydrogens (tertiary/aromatic N) is 2. The SMILES string of the molecule is O=C(OCC(=O)N1CCNC1=O)c1cccnc1Cl. The third-order valence-corrected chi connectivity index (χ3v) is 2.76. The van der Waals surface area contributed by atoms with Gasteiger partial charge in [-0.15, -0.1) is 0 Å². The van der Waals surface area contributed by atoms with E-state index in [9.17, 15) is 14.4 Å². The van der Waals surface area contributed by atoms with Crippen LogP contribution in [0.2, 0.25) is 5.15 Å². The third kappa shape index (κ3) is 3.00. The Labute approximate surface area is 113 Å². The van der Waals surface area contributed by atoms with Crippen molar-refractivity contribution in [3.8, 4) is 0 Å². The summed E-state index contributed by atoms with van der Waals surface area (Å²) >= 11 is 5.71. The topological polar surface area (TPSA) is 88.6 Å². The van der Waals surface area contributed by atoms with Gasteiger partial charge in [0.1, 0.15) is 5.15 Å². The zero-order valence-corrected chi connectivity index (χ0v) is 10.5. The molecule has 2 heterocycles. The van der Waals surface area contributed by atoms with E-state index in [2.05, 4.69) is 10.3 Å². The van der Waals surface area contributed by atoms with Crippen LogP contribution in [0.1, 0.15) is 10.4 Å². The normalized spacial score (nSPS) is 14.2. The summed E-state index contributed by atoms with van der Waals surface area (Å²) in [7, 11) is 0. The molecule has 1 aliphatic heterocycles. The largest absolute Gasteiger partial charge is 0.452 e. The summed E-state index contributed by atoms with van der Waals surface area (Å²) in [4.78, 5) is 39.2. The third-order valence-electron chi connectivity index (χ3n) is 2.46. The molecule has 0 bridgehead atoms. The number of carbonyl (C=O) groups excluding carboxylic acids is 3. The highest BCUT2D eigenvalue weighted by Crippen LogP contribution is 2.12. The lowest BCUT2D eigenvalue weighted by Crippen LogP contribution is -2.37. The fourth-order valence-electron chi connectivity index (χ4n) is 1.53. The van der Waals surface area contributed by atoms with Crippen LogP contribution in [0.5, 0.6) is 0 Å². The predicted molar refractivity (Wildman–Crippen MR) is 64.6 cm³/mol. The second-order valence-corrected chi connectivity index (χ2v) is 4.05. The van der Waals surface area contributed by atoms with Gasteiger partial charge in [-0.25, -0.2) is 14.6 Å². The number of amides is 3. The van der Waals surface area contributed by atoms with Gasteiger partial charge in [0.15, 0.2) is 6.61 Å². The molecule has 3 amide bonds. The zero-order valence-electron chi connectivity index (χ0n) is 9.76. The molecule has 8 heteroatoms. The van der Waals surface area contributed by atoms with Gasteiger partial charge in [-0.05, 0) is 12.1 Å². The van der Waals surface area contributed by atoms with Gasteiger partial charge in [0, 0.05) is 19.3 Å². The molecule has 0 saturated carbocycles. The lowest BCUT2D eigenvalue weighted by atomic mass is 10.3. The number of ether oxygens (including phenoxy) is 1. The summed E-state index contributed by atoms with van der Waals surface area (Å²) in [6.07, 6.45) is 1.43. The second-order valence-electron chi connectivity index (χ2n) is 3.70. The average molecular weight is 284 g/mol. The fourth-order valence-corrected chi connectivity index (χ4v) is 1.73. The molecule has 1 aromatic rings. The minimum atomic E-state index is -0.758. The van der Waals surface area contributed by atoms with Crippen LogP contribution in [0.4, 0.5) is 4.79 Å². The van der Waals surface area contributed by atoms with Crippen molar-refractivity contribution < 1.29 is 19.1 Å². The van der Waals surface area contributed by atoms with E-state index in [1.807, 2.05) is 0 Å². The lowest BCUT2D eigenvalue weighted by molar-refractivity contribution is -0.130. The Morgan fingerprint density at radius 1 is 1.53 bits per heavy atom. The standard InChI is InChI=1S/C11H10ClN3O4/c12-9-7(2-1-3-13-9)10(17)19-6-8(16)15-5-4-14-11(15)18/h1-3H,4-6H2,(H,14,18). The number of nitrogens with one attached hydrogen (secondary N) is 1. The monoisotopic (exact) mass is 283 g/mol. The van der Waals surface area contributed by atoms with Crippen LogP contribution >= 0.6 is 11.6 Å². The molecule has 7 nitrogen and oxygen atoms in total. The highest BCUT2D eigenvalue weighted by atomic mass is 35.5. The van der Waals surface area contributed by atoms with E-state index in [4.69, 9.17) is 16.3 Å². The van der Waals surface area contributed by atoms with Crippen LogP contribution in [0, 0.1) is 0 Å². The number of esters is 1. The Bertz CT molecular complexity index is 534. The molecule has 1 saturated heterocycles. The highest BCUT2D eigenvalue weighted by molar-refractivity contribution is 6.32. The zero-order chi connectivity index (χ0) is 13.8. The maximum atomic E-state index is 11.6. The van der Waals surface area contributed by atoms with E-state index in [1.165, 1.54) is 18.3 Å². The molecular formula is C11H10ClN3O4. The summed E-state index contributed by atoms with van der Waals surface area (Å²) in [6.45, 7) is 0.146. The molecule has 0 radical (unpaired) electrons. The minimum absolute atomic E-state index is 0.00105. The molecule has 0 aliphatic carbocycles. The van der Waals surface area contributed by atoms with E-state index < -0.39 is 24.5 Å². The number of rotatable bonds is 3. The van der Waals surface area contributed by atoms with Crippen LogP contribution in [0.25, 0.3) is 0 Å². The maximum Gasteiger partial charge on any atom is 0.341 e. The number of hydrogen-bond acceptors (Lipinski definition) is 5. The first-order chi connectivity index (χ1) is 9.09. The molecule has 100 valence electrons. The minimum Gasteiger partial charge on any atom is -0.452 e. The first-order valence-electron chi connectivity index (χ1n) is 5.45. The van der Waals surface area contributed by atoms with Crippen molar-refractivity contribution in [3.63, 3.8) is 0 Å². The van der Waals surface area contributed by atoms with E-state index in [-0.39, 0.29) is 17.3 Å². The molecule has 1 fully saturated rings. The molecule has 19 heavy (non-hydrogen) atoms. The van der Waals surface area contributed by atoms with Gasteiger partial charge in [-0.3, -0.25) is 9.69 Å². The van der Waals surface area contributed by atoms with E-state index in [0.717, 1.165) is 4.90 Å². The molecular weight excluding hydrogens is 274 g/mol. The second kappa shape index (κ2) is 5.66. The molecule has 0 unspecified atom stereocenters. The number of carbonyl (C=O) groups is 3. The van der Waals surface area contributed by atoms with Gasteiger partial charge in [0.2, 0.25) is 0 Å². The number of pyridine rings is 1. The molecule has 2 rings (SSSR count). The Balaban J connectivity index is 1.92. The summed E-state index contributed by atoms with van der Waals surface area (Å²) in [5, 5.41) is 2.47. The van der Waals surface area contributed by atoms with E-state index >= 15 is 0 Å². The average Bonchev–Trinajstić information content (AvgIpc) is 2.82. The molecule has 0 atom stereocenters. The van der Waals surface area contributed by atoms with Crippen molar-refractivity contribution >= 4 is 29.5 Å². The molecule has 1 aromatic heterocycles. The van der Waals surface area contributed by atoms with Crippen LogP contribution in [0.3, 0.4) is 0 Å². The van der Waals surface area contributed by atoms with Crippen LogP contribution in [-0.2, 0) is 9.53 Å². The Morgan fingerprint density at radius 2 is 2.32 bits per heavy atom. The smallest absolute Gasteiger partial charge is 0.341 e. The highest BCUT2D eigenvalue weighted by Gasteiger charge is 2.27. The quantitative estimate of drug-likeness (QED) is 0.642. The van der Waals surface area contributed by atoms with Crippen molar-refractivity contribution in [1.82, 2.24) is 15.2 Å². The summed E-state index contributed by atoms with van der Waals surface area (Å²) < 4.78 is 4.80. The van der Waals surface area contributed by atoms with Crippen LogP contribution in [-0.4, -0.2) is 47.5 Å². The number of halogens is 1. The summed E-state index contributed by atoms with van der Waals surface area (Å²) in [6, 6.07) is 2.48. The van der Waals surface area contributed by atoms with Gasteiger partial charge in [-0.1, -0.05) is 11.6 Å². The Kier molecular flexibility index (Phi) is 3.96. The maximum absolute atomic E-state index is 11.6. The van der Waals surface area contributed by atoms with Crippen molar-refractivity contribution in [2.45, 2.75) is 0 Å². The fraction of sp³-hybridized carbons (Fsp3) is 0.273.